The Morgan fingerprint density at radius 2 is 2.22 bits per heavy atom. The quantitative estimate of drug-likeness (QED) is 0.519. The first-order valence-corrected chi connectivity index (χ1v) is 3.23. The summed E-state index contributed by atoms with van der Waals surface area (Å²) < 4.78 is 5.20. The molecule has 0 N–H and O–H groups in total. The zero-order valence-electron chi connectivity index (χ0n) is 5.98. The number of hydrogen-bond donors (Lipinski definition) is 0. The molecule has 0 fully saturated rings. The minimum atomic E-state index is 0.802. The Labute approximate surface area is 56.0 Å². The first kappa shape index (κ1) is 6.56. The van der Waals surface area contributed by atoms with Gasteiger partial charge in [0.2, 0.25) is 0 Å². The average molecular weight is 124 g/mol. The molecule has 0 aromatic carbocycles. The van der Waals surface area contributed by atoms with Crippen LogP contribution in [0.1, 0.15) is 13.8 Å². The number of ether oxygens (including phenoxy) is 1. The summed E-state index contributed by atoms with van der Waals surface area (Å²) in [6.07, 6.45) is 4.16. The van der Waals surface area contributed by atoms with Crippen molar-refractivity contribution in [1.29, 1.82) is 0 Å². The molecule has 0 bridgehead atoms. The molecule has 1 heteroatoms. The third-order valence-corrected chi connectivity index (χ3v) is 1.49. The van der Waals surface area contributed by atoms with Gasteiger partial charge in [0.25, 0.3) is 0 Å². The van der Waals surface area contributed by atoms with Gasteiger partial charge in [0.05, 0.1) is 13.2 Å². The first-order valence-electron chi connectivity index (χ1n) is 3.23. The minimum absolute atomic E-state index is 0.802. The molecule has 0 saturated heterocycles. The summed E-state index contributed by atoms with van der Waals surface area (Å²) in [6, 6.07) is 0. The van der Waals surface area contributed by atoms with Gasteiger partial charge < -0.3 is 4.74 Å². The van der Waals surface area contributed by atoms with E-state index in [2.05, 4.69) is 13.0 Å². The van der Waals surface area contributed by atoms with E-state index in [-0.39, 0.29) is 0 Å². The van der Waals surface area contributed by atoms with Crippen molar-refractivity contribution in [3.8, 4) is 0 Å². The van der Waals surface area contributed by atoms with E-state index in [1.165, 1.54) is 11.1 Å². The molecule has 1 nitrogen and oxygen atoms in total. The Bertz CT molecular complexity index is 154. The molecule has 0 aromatic heterocycles. The maximum Gasteiger partial charge on any atom is 0.0721 e. The molecule has 0 aromatic rings. The zero-order chi connectivity index (χ0) is 6.69. The fourth-order valence-corrected chi connectivity index (χ4v) is 0.922. The fourth-order valence-electron chi connectivity index (χ4n) is 0.922. The van der Waals surface area contributed by atoms with Gasteiger partial charge in [0.15, 0.2) is 0 Å². The predicted octanol–water partition coefficient (Wildman–Crippen LogP) is 1.91. The van der Waals surface area contributed by atoms with Gasteiger partial charge in [-0.2, -0.15) is 0 Å². The SMILES string of the molecule is C/C=C\C1=C(C)COC1. The van der Waals surface area contributed by atoms with Gasteiger partial charge in [0.1, 0.15) is 0 Å². The highest BCUT2D eigenvalue weighted by molar-refractivity contribution is 5.27. The van der Waals surface area contributed by atoms with E-state index >= 15 is 0 Å². The molecular weight excluding hydrogens is 112 g/mol. The second-order valence-corrected chi connectivity index (χ2v) is 2.30. The molecule has 0 saturated carbocycles. The highest BCUT2D eigenvalue weighted by Crippen LogP contribution is 2.13. The van der Waals surface area contributed by atoms with E-state index in [0.717, 1.165) is 13.2 Å². The van der Waals surface area contributed by atoms with Crippen LogP contribution in [0.15, 0.2) is 23.3 Å². The standard InChI is InChI=1S/C8H12O/c1-3-4-8-6-9-5-7(8)2/h3-4H,5-6H2,1-2H3/b4-3-. The lowest BCUT2D eigenvalue weighted by Crippen LogP contribution is -1.82. The van der Waals surface area contributed by atoms with Gasteiger partial charge in [0, 0.05) is 0 Å². The van der Waals surface area contributed by atoms with Crippen LogP contribution >= 0.6 is 0 Å². The van der Waals surface area contributed by atoms with Gasteiger partial charge in [-0.3, -0.25) is 0 Å². The van der Waals surface area contributed by atoms with Crippen LogP contribution in [-0.4, -0.2) is 13.2 Å². The van der Waals surface area contributed by atoms with Crippen molar-refractivity contribution in [2.24, 2.45) is 0 Å². The molecule has 0 atom stereocenters. The minimum Gasteiger partial charge on any atom is -0.372 e. The second kappa shape index (κ2) is 2.83. The highest BCUT2D eigenvalue weighted by atomic mass is 16.5. The third-order valence-electron chi connectivity index (χ3n) is 1.49. The smallest absolute Gasteiger partial charge is 0.0721 e. The molecule has 0 radical (unpaired) electrons. The van der Waals surface area contributed by atoms with Gasteiger partial charge in [-0.15, -0.1) is 0 Å². The summed E-state index contributed by atoms with van der Waals surface area (Å²) in [5.74, 6) is 0. The van der Waals surface area contributed by atoms with Crippen molar-refractivity contribution in [1.82, 2.24) is 0 Å². The summed E-state index contributed by atoms with van der Waals surface area (Å²) in [7, 11) is 0. The van der Waals surface area contributed by atoms with E-state index in [0.29, 0.717) is 0 Å². The summed E-state index contributed by atoms with van der Waals surface area (Å²) in [5, 5.41) is 0. The molecule has 0 aliphatic carbocycles. The molecule has 0 amide bonds. The van der Waals surface area contributed by atoms with Gasteiger partial charge in [-0.1, -0.05) is 12.2 Å². The first-order chi connectivity index (χ1) is 4.34. The molecule has 0 unspecified atom stereocenters. The van der Waals surface area contributed by atoms with E-state index < -0.39 is 0 Å². The summed E-state index contributed by atoms with van der Waals surface area (Å²) in [5.41, 5.74) is 2.71. The Morgan fingerprint density at radius 1 is 1.44 bits per heavy atom. The molecule has 1 rings (SSSR count). The van der Waals surface area contributed by atoms with Crippen LogP contribution in [0, 0.1) is 0 Å². The second-order valence-electron chi connectivity index (χ2n) is 2.30. The molecule has 50 valence electrons. The number of rotatable bonds is 1. The lowest BCUT2D eigenvalue weighted by atomic mass is 10.2. The van der Waals surface area contributed by atoms with Crippen LogP contribution < -0.4 is 0 Å². The topological polar surface area (TPSA) is 9.23 Å². The Hall–Kier alpha value is -0.560. The summed E-state index contributed by atoms with van der Waals surface area (Å²) >= 11 is 0. The summed E-state index contributed by atoms with van der Waals surface area (Å²) in [6.45, 7) is 5.76. The van der Waals surface area contributed by atoms with Gasteiger partial charge in [-0.25, -0.2) is 0 Å². The Morgan fingerprint density at radius 3 is 2.67 bits per heavy atom. The van der Waals surface area contributed by atoms with E-state index in [9.17, 15) is 0 Å². The zero-order valence-corrected chi connectivity index (χ0v) is 5.98. The van der Waals surface area contributed by atoms with Crippen LogP contribution in [0.3, 0.4) is 0 Å². The average Bonchev–Trinajstić information content (AvgIpc) is 2.18. The molecule has 1 heterocycles. The van der Waals surface area contributed by atoms with Crippen molar-refractivity contribution in [2.75, 3.05) is 13.2 Å². The van der Waals surface area contributed by atoms with Crippen LogP contribution in [0.4, 0.5) is 0 Å². The maximum absolute atomic E-state index is 5.20. The van der Waals surface area contributed by atoms with Crippen LogP contribution in [0.2, 0.25) is 0 Å². The van der Waals surface area contributed by atoms with E-state index in [1.807, 2.05) is 13.0 Å². The van der Waals surface area contributed by atoms with Crippen molar-refractivity contribution in [2.45, 2.75) is 13.8 Å². The van der Waals surface area contributed by atoms with Crippen LogP contribution in [0.5, 0.6) is 0 Å². The van der Waals surface area contributed by atoms with Crippen molar-refractivity contribution < 1.29 is 4.74 Å². The molecule has 1 aliphatic rings. The Balaban J connectivity index is 2.66. The van der Waals surface area contributed by atoms with Crippen molar-refractivity contribution in [3.05, 3.63) is 23.3 Å². The fraction of sp³-hybridized carbons (Fsp3) is 0.500. The lowest BCUT2D eigenvalue weighted by Gasteiger charge is -1.88. The van der Waals surface area contributed by atoms with Crippen molar-refractivity contribution >= 4 is 0 Å². The normalized spacial score (nSPS) is 20.2. The summed E-state index contributed by atoms with van der Waals surface area (Å²) in [4.78, 5) is 0. The predicted molar refractivity (Wildman–Crippen MR) is 38.3 cm³/mol. The molecular formula is C8H12O. The molecule has 1 aliphatic heterocycles. The largest absolute Gasteiger partial charge is 0.372 e. The third kappa shape index (κ3) is 1.42. The number of allylic oxidation sites excluding steroid dienone is 1. The maximum atomic E-state index is 5.20. The highest BCUT2D eigenvalue weighted by Gasteiger charge is 2.06. The van der Waals surface area contributed by atoms with Crippen LogP contribution in [-0.2, 0) is 4.74 Å². The van der Waals surface area contributed by atoms with E-state index in [4.69, 9.17) is 4.74 Å². The van der Waals surface area contributed by atoms with Crippen LogP contribution in [0.25, 0.3) is 0 Å². The monoisotopic (exact) mass is 124 g/mol. The Kier molecular flexibility index (Phi) is 2.06. The van der Waals surface area contributed by atoms with Gasteiger partial charge in [-0.05, 0) is 25.0 Å². The molecule has 9 heavy (non-hydrogen) atoms. The number of hydrogen-bond acceptors (Lipinski definition) is 1. The van der Waals surface area contributed by atoms with E-state index in [1.54, 1.807) is 0 Å². The van der Waals surface area contributed by atoms with Gasteiger partial charge >= 0.3 is 0 Å². The lowest BCUT2D eigenvalue weighted by molar-refractivity contribution is 0.206. The van der Waals surface area contributed by atoms with Crippen molar-refractivity contribution in [3.63, 3.8) is 0 Å². The molecule has 0 spiro atoms.